The van der Waals surface area contributed by atoms with Crippen LogP contribution in [0.15, 0.2) is 11.8 Å². The van der Waals surface area contributed by atoms with E-state index in [0.29, 0.717) is 5.92 Å². The van der Waals surface area contributed by atoms with E-state index in [0.717, 1.165) is 25.1 Å². The lowest BCUT2D eigenvalue weighted by Crippen LogP contribution is -2.39. The second-order valence-electron chi connectivity index (χ2n) is 6.13. The molecule has 2 aliphatic rings. The van der Waals surface area contributed by atoms with E-state index in [1.54, 1.807) is 0 Å². The first-order valence-corrected chi connectivity index (χ1v) is 8.46. The summed E-state index contributed by atoms with van der Waals surface area (Å²) < 4.78 is 5.56. The van der Waals surface area contributed by atoms with Gasteiger partial charge in [0.25, 0.3) is 0 Å². The van der Waals surface area contributed by atoms with Crippen molar-refractivity contribution in [2.75, 3.05) is 6.54 Å². The van der Waals surface area contributed by atoms with Crippen LogP contribution in [0, 0.1) is 5.92 Å². The lowest BCUT2D eigenvalue weighted by Gasteiger charge is -2.32. The maximum atomic E-state index is 12.2. The van der Waals surface area contributed by atoms with Crippen molar-refractivity contribution in [2.24, 2.45) is 5.92 Å². The molecule has 20 heavy (non-hydrogen) atoms. The first-order valence-electron chi connectivity index (χ1n) is 8.46. The van der Waals surface area contributed by atoms with E-state index in [9.17, 15) is 4.79 Å². The van der Waals surface area contributed by atoms with E-state index in [4.69, 9.17) is 4.74 Å². The summed E-state index contributed by atoms with van der Waals surface area (Å²) in [5, 5.41) is 0. The van der Waals surface area contributed by atoms with Gasteiger partial charge in [0.15, 0.2) is 0 Å². The summed E-state index contributed by atoms with van der Waals surface area (Å²) in [6.07, 6.45) is 12.8. The Morgan fingerprint density at radius 3 is 2.60 bits per heavy atom. The first kappa shape index (κ1) is 15.4. The Morgan fingerprint density at radius 2 is 1.95 bits per heavy atom. The maximum absolute atomic E-state index is 12.2. The highest BCUT2D eigenvalue weighted by atomic mass is 16.6. The number of nitrogens with zero attached hydrogens (tertiary/aromatic N) is 1. The molecule has 1 aliphatic carbocycles. The number of amides is 1. The zero-order valence-electron chi connectivity index (χ0n) is 13.1. The third kappa shape index (κ3) is 3.56. The molecule has 0 bridgehead atoms. The van der Waals surface area contributed by atoms with Gasteiger partial charge < -0.3 is 4.74 Å². The van der Waals surface area contributed by atoms with Crippen LogP contribution in [0.4, 0.5) is 4.79 Å². The quantitative estimate of drug-likeness (QED) is 0.649. The van der Waals surface area contributed by atoms with Gasteiger partial charge >= 0.3 is 6.09 Å². The van der Waals surface area contributed by atoms with Crippen molar-refractivity contribution in [3.63, 3.8) is 0 Å². The Balaban J connectivity index is 2.09. The van der Waals surface area contributed by atoms with E-state index in [1.807, 2.05) is 4.90 Å². The van der Waals surface area contributed by atoms with Crippen molar-refractivity contribution >= 4 is 6.09 Å². The Bertz CT molecular complexity index is 345. The van der Waals surface area contributed by atoms with Gasteiger partial charge in [-0.1, -0.05) is 46.0 Å². The number of unbranched alkanes of at least 4 members (excludes halogenated alkanes) is 2. The van der Waals surface area contributed by atoms with Crippen LogP contribution in [0.2, 0.25) is 0 Å². The lowest BCUT2D eigenvalue weighted by atomic mass is 9.82. The van der Waals surface area contributed by atoms with Crippen LogP contribution in [0.3, 0.4) is 0 Å². The van der Waals surface area contributed by atoms with Crippen LogP contribution in [-0.2, 0) is 4.74 Å². The SMILES string of the molecule is CC/C=C1\OC(=O)N(CCCCC)C1C1CCCCC1. The van der Waals surface area contributed by atoms with Gasteiger partial charge in [-0.3, -0.25) is 4.90 Å². The molecule has 3 nitrogen and oxygen atoms in total. The van der Waals surface area contributed by atoms with Crippen LogP contribution in [0.1, 0.15) is 71.6 Å². The lowest BCUT2D eigenvalue weighted by molar-refractivity contribution is 0.153. The van der Waals surface area contributed by atoms with Crippen molar-refractivity contribution < 1.29 is 9.53 Å². The number of allylic oxidation sites excluding steroid dienone is 1. The molecule has 114 valence electrons. The molecule has 0 aromatic carbocycles. The average molecular weight is 279 g/mol. The monoisotopic (exact) mass is 279 g/mol. The zero-order chi connectivity index (χ0) is 14.4. The van der Waals surface area contributed by atoms with E-state index >= 15 is 0 Å². The van der Waals surface area contributed by atoms with Gasteiger partial charge in [0.1, 0.15) is 5.76 Å². The Kier molecular flexibility index (Phi) is 5.93. The summed E-state index contributed by atoms with van der Waals surface area (Å²) in [4.78, 5) is 14.2. The molecule has 3 heteroatoms. The fourth-order valence-electron chi connectivity index (χ4n) is 3.55. The molecule has 0 N–H and O–H groups in total. The molecule has 1 saturated heterocycles. The van der Waals surface area contributed by atoms with Crippen LogP contribution >= 0.6 is 0 Å². The van der Waals surface area contributed by atoms with Gasteiger partial charge in [-0.25, -0.2) is 4.79 Å². The normalized spacial score (nSPS) is 26.3. The molecule has 1 heterocycles. The summed E-state index contributed by atoms with van der Waals surface area (Å²) in [7, 11) is 0. The number of carbonyl (C=O) groups is 1. The molecule has 0 spiro atoms. The highest BCUT2D eigenvalue weighted by molar-refractivity contribution is 5.73. The van der Waals surface area contributed by atoms with Crippen molar-refractivity contribution in [2.45, 2.75) is 77.7 Å². The van der Waals surface area contributed by atoms with E-state index in [2.05, 4.69) is 19.9 Å². The van der Waals surface area contributed by atoms with Crippen molar-refractivity contribution in [3.05, 3.63) is 11.8 Å². The Hall–Kier alpha value is -0.990. The fourth-order valence-corrected chi connectivity index (χ4v) is 3.55. The van der Waals surface area contributed by atoms with Crippen LogP contribution in [-0.4, -0.2) is 23.6 Å². The molecule has 1 atom stereocenters. The minimum absolute atomic E-state index is 0.114. The molecule has 2 fully saturated rings. The molecule has 1 saturated carbocycles. The summed E-state index contributed by atoms with van der Waals surface area (Å²) in [5.41, 5.74) is 0. The number of cyclic esters (lactones) is 1. The number of hydrogen-bond acceptors (Lipinski definition) is 2. The van der Waals surface area contributed by atoms with Crippen LogP contribution in [0.25, 0.3) is 0 Å². The maximum Gasteiger partial charge on any atom is 0.415 e. The average Bonchev–Trinajstić information content (AvgIpc) is 2.77. The van der Waals surface area contributed by atoms with Gasteiger partial charge in [0.05, 0.1) is 6.04 Å². The summed E-state index contributed by atoms with van der Waals surface area (Å²) in [5.74, 6) is 1.54. The standard InChI is InChI=1S/C17H29NO2/c1-3-5-9-13-18-16(14-11-7-6-8-12-14)15(10-4-2)20-17(18)19/h10,14,16H,3-9,11-13H2,1-2H3/b15-10-. The van der Waals surface area contributed by atoms with E-state index < -0.39 is 0 Å². The number of rotatable bonds is 6. The first-order chi connectivity index (χ1) is 9.77. The molecular weight excluding hydrogens is 250 g/mol. The van der Waals surface area contributed by atoms with Crippen molar-refractivity contribution in [1.29, 1.82) is 0 Å². The van der Waals surface area contributed by atoms with Gasteiger partial charge in [0.2, 0.25) is 0 Å². The van der Waals surface area contributed by atoms with Gasteiger partial charge in [-0.15, -0.1) is 0 Å². The van der Waals surface area contributed by atoms with E-state index in [1.165, 1.54) is 44.9 Å². The number of carbonyl (C=O) groups excluding carboxylic acids is 1. The van der Waals surface area contributed by atoms with Crippen LogP contribution < -0.4 is 0 Å². The van der Waals surface area contributed by atoms with Crippen LogP contribution in [0.5, 0.6) is 0 Å². The molecule has 1 unspecified atom stereocenters. The zero-order valence-corrected chi connectivity index (χ0v) is 13.1. The highest BCUT2D eigenvalue weighted by Crippen LogP contribution is 2.37. The minimum Gasteiger partial charge on any atom is -0.413 e. The Labute approximate surface area is 123 Å². The molecule has 1 aliphatic heterocycles. The van der Waals surface area contributed by atoms with E-state index in [-0.39, 0.29) is 12.1 Å². The third-order valence-electron chi connectivity index (χ3n) is 4.57. The number of hydrogen-bond donors (Lipinski definition) is 0. The Morgan fingerprint density at radius 1 is 1.20 bits per heavy atom. The molecular formula is C17H29NO2. The van der Waals surface area contributed by atoms with Gasteiger partial charge in [-0.2, -0.15) is 0 Å². The summed E-state index contributed by atoms with van der Waals surface area (Å²) in [6, 6.07) is 0.222. The second-order valence-corrected chi connectivity index (χ2v) is 6.13. The third-order valence-corrected chi connectivity index (χ3v) is 4.57. The smallest absolute Gasteiger partial charge is 0.413 e. The van der Waals surface area contributed by atoms with Gasteiger partial charge in [0, 0.05) is 6.54 Å². The molecule has 0 radical (unpaired) electrons. The van der Waals surface area contributed by atoms with Gasteiger partial charge in [-0.05, 0) is 37.7 Å². The molecule has 2 rings (SSSR count). The highest BCUT2D eigenvalue weighted by Gasteiger charge is 2.42. The fraction of sp³-hybridized carbons (Fsp3) is 0.824. The summed E-state index contributed by atoms with van der Waals surface area (Å²) in [6.45, 7) is 5.16. The second kappa shape index (κ2) is 7.70. The molecule has 0 aromatic heterocycles. The molecule has 0 aromatic rings. The minimum atomic E-state index is -0.114. The van der Waals surface area contributed by atoms with Crippen molar-refractivity contribution in [3.8, 4) is 0 Å². The predicted octanol–water partition coefficient (Wildman–Crippen LogP) is 4.87. The predicted molar refractivity (Wildman–Crippen MR) is 81.4 cm³/mol. The van der Waals surface area contributed by atoms with Crippen molar-refractivity contribution in [1.82, 2.24) is 4.90 Å². The molecule has 1 amide bonds. The summed E-state index contributed by atoms with van der Waals surface area (Å²) >= 11 is 0. The number of ether oxygens (including phenoxy) is 1. The topological polar surface area (TPSA) is 29.5 Å². The largest absolute Gasteiger partial charge is 0.415 e.